The van der Waals surface area contributed by atoms with Gasteiger partial charge in [-0.1, -0.05) is 25.4 Å². The van der Waals surface area contributed by atoms with Crippen molar-refractivity contribution < 1.29 is 14.3 Å². The summed E-state index contributed by atoms with van der Waals surface area (Å²) < 4.78 is 14.9. The monoisotopic (exact) mass is 310 g/mol. The van der Waals surface area contributed by atoms with E-state index in [4.69, 9.17) is 11.6 Å². The Bertz CT molecular complexity index is 666. The predicted molar refractivity (Wildman–Crippen MR) is 79.2 cm³/mol. The van der Waals surface area contributed by atoms with Crippen LogP contribution in [0.5, 0.6) is 0 Å². The van der Waals surface area contributed by atoms with Crippen molar-refractivity contribution in [2.75, 3.05) is 0 Å². The summed E-state index contributed by atoms with van der Waals surface area (Å²) in [5.74, 6) is -1.61. The molecule has 0 saturated heterocycles. The standard InChI is InChI=1S/C15H16ClFN2O2/c1-3-10(4-2)19-8-11(15(20)21)14(18-19)9-5-6-13(17)12(16)7-9/h5-8,10H,3-4H2,1-2H3,(H,20,21). The van der Waals surface area contributed by atoms with Gasteiger partial charge in [0.05, 0.1) is 11.1 Å². The molecule has 0 atom stereocenters. The molecule has 0 amide bonds. The van der Waals surface area contributed by atoms with Crippen molar-refractivity contribution in [2.45, 2.75) is 32.7 Å². The van der Waals surface area contributed by atoms with E-state index in [1.807, 2.05) is 13.8 Å². The molecule has 112 valence electrons. The second kappa shape index (κ2) is 6.26. The van der Waals surface area contributed by atoms with Crippen LogP contribution < -0.4 is 0 Å². The Morgan fingerprint density at radius 2 is 2.10 bits per heavy atom. The van der Waals surface area contributed by atoms with Crippen LogP contribution in [-0.2, 0) is 0 Å². The highest BCUT2D eigenvalue weighted by Gasteiger charge is 2.20. The lowest BCUT2D eigenvalue weighted by Gasteiger charge is -2.12. The number of carbonyl (C=O) groups is 1. The van der Waals surface area contributed by atoms with Gasteiger partial charge in [-0.25, -0.2) is 9.18 Å². The number of rotatable bonds is 5. The van der Waals surface area contributed by atoms with Crippen molar-refractivity contribution in [3.05, 3.63) is 40.8 Å². The Morgan fingerprint density at radius 1 is 1.43 bits per heavy atom. The number of nitrogens with zero attached hydrogens (tertiary/aromatic N) is 2. The Balaban J connectivity index is 2.55. The van der Waals surface area contributed by atoms with E-state index >= 15 is 0 Å². The number of hydrogen-bond donors (Lipinski definition) is 1. The summed E-state index contributed by atoms with van der Waals surface area (Å²) in [4.78, 5) is 11.4. The van der Waals surface area contributed by atoms with Gasteiger partial charge >= 0.3 is 5.97 Å². The lowest BCUT2D eigenvalue weighted by molar-refractivity contribution is 0.0697. The van der Waals surface area contributed by atoms with Crippen LogP contribution in [0, 0.1) is 5.82 Å². The van der Waals surface area contributed by atoms with E-state index in [-0.39, 0.29) is 16.6 Å². The summed E-state index contributed by atoms with van der Waals surface area (Å²) in [7, 11) is 0. The minimum atomic E-state index is -1.07. The van der Waals surface area contributed by atoms with E-state index in [0.717, 1.165) is 12.8 Å². The first kappa shape index (κ1) is 15.5. The van der Waals surface area contributed by atoms with Crippen molar-refractivity contribution in [1.29, 1.82) is 0 Å². The van der Waals surface area contributed by atoms with Gasteiger partial charge in [-0.2, -0.15) is 5.10 Å². The summed E-state index contributed by atoms with van der Waals surface area (Å²) in [6, 6.07) is 4.21. The van der Waals surface area contributed by atoms with Gasteiger partial charge in [0.2, 0.25) is 0 Å². The van der Waals surface area contributed by atoms with E-state index < -0.39 is 11.8 Å². The summed E-state index contributed by atoms with van der Waals surface area (Å²) >= 11 is 5.76. The molecule has 2 aromatic rings. The molecule has 1 aromatic carbocycles. The van der Waals surface area contributed by atoms with Crippen molar-refractivity contribution in [1.82, 2.24) is 9.78 Å². The van der Waals surface area contributed by atoms with Gasteiger partial charge in [0.25, 0.3) is 0 Å². The molecule has 4 nitrogen and oxygen atoms in total. The van der Waals surface area contributed by atoms with Gasteiger partial charge in [0.15, 0.2) is 0 Å². The summed E-state index contributed by atoms with van der Waals surface area (Å²) in [5, 5.41) is 13.6. The van der Waals surface area contributed by atoms with Crippen LogP contribution in [0.15, 0.2) is 24.4 Å². The second-order valence-corrected chi connectivity index (χ2v) is 5.18. The number of carboxylic acid groups (broad SMARTS) is 1. The minimum Gasteiger partial charge on any atom is -0.478 e. The SMILES string of the molecule is CCC(CC)n1cc(C(=O)O)c(-c2ccc(F)c(Cl)c2)n1. The van der Waals surface area contributed by atoms with Gasteiger partial charge in [0.1, 0.15) is 17.1 Å². The fourth-order valence-electron chi connectivity index (χ4n) is 2.25. The van der Waals surface area contributed by atoms with Crippen LogP contribution in [0.3, 0.4) is 0 Å². The number of hydrogen-bond acceptors (Lipinski definition) is 2. The van der Waals surface area contributed by atoms with E-state index in [0.29, 0.717) is 11.3 Å². The molecule has 0 bridgehead atoms. The molecule has 1 N–H and O–H groups in total. The second-order valence-electron chi connectivity index (χ2n) is 4.78. The molecule has 0 radical (unpaired) electrons. The molecule has 0 aliphatic carbocycles. The van der Waals surface area contributed by atoms with E-state index in [9.17, 15) is 14.3 Å². The summed E-state index contributed by atoms with van der Waals surface area (Å²) in [6.07, 6.45) is 3.22. The van der Waals surface area contributed by atoms with Crippen molar-refractivity contribution in [2.24, 2.45) is 0 Å². The minimum absolute atomic E-state index is 0.0547. The molecule has 6 heteroatoms. The maximum atomic E-state index is 13.2. The molecular weight excluding hydrogens is 295 g/mol. The largest absolute Gasteiger partial charge is 0.478 e. The summed E-state index contributed by atoms with van der Waals surface area (Å²) in [5.41, 5.74) is 0.879. The Labute approximate surface area is 127 Å². The zero-order chi connectivity index (χ0) is 15.6. The molecule has 0 spiro atoms. The molecule has 2 rings (SSSR count). The highest BCUT2D eigenvalue weighted by molar-refractivity contribution is 6.31. The molecule has 1 heterocycles. The summed E-state index contributed by atoms with van der Waals surface area (Å²) in [6.45, 7) is 4.04. The van der Waals surface area contributed by atoms with Crippen molar-refractivity contribution in [3.8, 4) is 11.3 Å². The Morgan fingerprint density at radius 3 is 2.62 bits per heavy atom. The van der Waals surface area contributed by atoms with Crippen LogP contribution in [-0.4, -0.2) is 20.9 Å². The molecule has 0 unspecified atom stereocenters. The lowest BCUT2D eigenvalue weighted by Crippen LogP contribution is -2.07. The molecule has 0 aliphatic rings. The fourth-order valence-corrected chi connectivity index (χ4v) is 2.44. The number of benzene rings is 1. The van der Waals surface area contributed by atoms with Gasteiger partial charge < -0.3 is 5.11 Å². The van der Waals surface area contributed by atoms with E-state index in [1.165, 1.54) is 24.4 Å². The quantitative estimate of drug-likeness (QED) is 0.890. The average molecular weight is 311 g/mol. The van der Waals surface area contributed by atoms with Crippen molar-refractivity contribution >= 4 is 17.6 Å². The maximum Gasteiger partial charge on any atom is 0.339 e. The van der Waals surface area contributed by atoms with Gasteiger partial charge in [-0.3, -0.25) is 4.68 Å². The highest BCUT2D eigenvalue weighted by atomic mass is 35.5. The molecule has 1 aromatic heterocycles. The van der Waals surface area contributed by atoms with Crippen LogP contribution in [0.2, 0.25) is 5.02 Å². The van der Waals surface area contributed by atoms with Crippen LogP contribution >= 0.6 is 11.6 Å². The van der Waals surface area contributed by atoms with Crippen LogP contribution in [0.25, 0.3) is 11.3 Å². The Kier molecular flexibility index (Phi) is 4.63. The molecule has 0 aliphatic heterocycles. The fraction of sp³-hybridized carbons (Fsp3) is 0.333. The third-order valence-corrected chi connectivity index (χ3v) is 3.76. The lowest BCUT2D eigenvalue weighted by atomic mass is 10.1. The first-order valence-electron chi connectivity index (χ1n) is 6.75. The average Bonchev–Trinajstić information content (AvgIpc) is 2.88. The first-order chi connectivity index (χ1) is 9.97. The van der Waals surface area contributed by atoms with E-state index in [1.54, 1.807) is 4.68 Å². The molecule has 0 saturated carbocycles. The topological polar surface area (TPSA) is 55.1 Å². The smallest absolute Gasteiger partial charge is 0.339 e. The zero-order valence-electron chi connectivity index (χ0n) is 11.8. The van der Waals surface area contributed by atoms with Crippen LogP contribution in [0.1, 0.15) is 43.1 Å². The third-order valence-electron chi connectivity index (χ3n) is 3.47. The van der Waals surface area contributed by atoms with Crippen molar-refractivity contribution in [3.63, 3.8) is 0 Å². The third kappa shape index (κ3) is 3.08. The van der Waals surface area contributed by atoms with E-state index in [2.05, 4.69) is 5.10 Å². The molecule has 0 fully saturated rings. The Hall–Kier alpha value is -1.88. The molecule has 21 heavy (non-hydrogen) atoms. The normalized spacial score (nSPS) is 11.1. The predicted octanol–water partition coefficient (Wildman–Crippen LogP) is 4.40. The number of carboxylic acids is 1. The number of halogens is 2. The van der Waals surface area contributed by atoms with Gasteiger partial charge in [0, 0.05) is 11.8 Å². The van der Waals surface area contributed by atoms with Gasteiger partial charge in [-0.05, 0) is 31.0 Å². The van der Waals surface area contributed by atoms with Gasteiger partial charge in [-0.15, -0.1) is 0 Å². The zero-order valence-corrected chi connectivity index (χ0v) is 12.6. The maximum absolute atomic E-state index is 13.2. The first-order valence-corrected chi connectivity index (χ1v) is 7.13. The molecular formula is C15H16ClFN2O2. The van der Waals surface area contributed by atoms with Crippen LogP contribution in [0.4, 0.5) is 4.39 Å². The number of aromatic nitrogens is 2. The number of aromatic carboxylic acids is 1. The highest BCUT2D eigenvalue weighted by Crippen LogP contribution is 2.28.